The van der Waals surface area contributed by atoms with E-state index >= 15 is 0 Å². The van der Waals surface area contributed by atoms with Crippen molar-refractivity contribution < 1.29 is 44.3 Å². The minimum atomic E-state index is -5.01. The maximum absolute atomic E-state index is 14.0. The van der Waals surface area contributed by atoms with Crippen molar-refractivity contribution in [2.45, 2.75) is 37.4 Å². The molecular formula is C24H17F6N7O4S. The van der Waals surface area contributed by atoms with Crippen molar-refractivity contribution >= 4 is 33.0 Å². The number of tetrazole rings is 1. The smallest absolute Gasteiger partial charge is 0.406 e. The van der Waals surface area contributed by atoms with Crippen LogP contribution in [0.4, 0.5) is 43.5 Å². The van der Waals surface area contributed by atoms with Gasteiger partial charge in [-0.15, -0.1) is 23.4 Å². The molecule has 0 saturated heterocycles. The summed E-state index contributed by atoms with van der Waals surface area (Å²) in [6.07, 6.45) is -9.80. The van der Waals surface area contributed by atoms with Crippen LogP contribution in [-0.4, -0.2) is 45.8 Å². The zero-order chi connectivity index (χ0) is 30.4. The minimum Gasteiger partial charge on any atom is -0.406 e. The average molecular weight is 614 g/mol. The Morgan fingerprint density at radius 3 is 2.38 bits per heavy atom. The van der Waals surface area contributed by atoms with E-state index in [1.54, 1.807) is 0 Å². The summed E-state index contributed by atoms with van der Waals surface area (Å²) in [7, 11) is -4.61. The number of ketones is 1. The maximum atomic E-state index is 14.0. The lowest BCUT2D eigenvalue weighted by Crippen LogP contribution is -2.31. The van der Waals surface area contributed by atoms with Gasteiger partial charge in [-0.05, 0) is 54.6 Å². The van der Waals surface area contributed by atoms with Crippen LogP contribution in [0.15, 0.2) is 59.5 Å². The van der Waals surface area contributed by atoms with Gasteiger partial charge in [0.05, 0.1) is 22.8 Å². The van der Waals surface area contributed by atoms with Crippen molar-refractivity contribution in [3.05, 3.63) is 65.9 Å². The molecule has 1 aliphatic rings. The molecule has 1 N–H and O–H groups in total. The fourth-order valence-corrected chi connectivity index (χ4v) is 5.58. The number of pyridine rings is 1. The van der Waals surface area contributed by atoms with Crippen molar-refractivity contribution in [2.75, 3.05) is 9.62 Å². The fraction of sp³-hybridized carbons (Fsp3) is 0.208. The second-order valence-corrected chi connectivity index (χ2v) is 10.8. The zero-order valence-corrected chi connectivity index (χ0v) is 21.9. The Morgan fingerprint density at radius 1 is 1.02 bits per heavy atom. The molecule has 0 amide bonds. The molecule has 0 atom stereocenters. The number of benzene rings is 2. The number of ether oxygens (including phenoxy) is 1. The Labute approximate surface area is 232 Å². The van der Waals surface area contributed by atoms with E-state index in [1.165, 1.54) is 25.1 Å². The van der Waals surface area contributed by atoms with Crippen molar-refractivity contribution in [1.82, 2.24) is 25.2 Å². The lowest BCUT2D eigenvalue weighted by atomic mass is 10.1. The van der Waals surface area contributed by atoms with Crippen LogP contribution in [0.5, 0.6) is 5.75 Å². The van der Waals surface area contributed by atoms with Gasteiger partial charge in [0.1, 0.15) is 23.8 Å². The number of para-hydroxylation sites is 1. The van der Waals surface area contributed by atoms with Crippen LogP contribution >= 0.6 is 0 Å². The third-order valence-corrected chi connectivity index (χ3v) is 7.58. The van der Waals surface area contributed by atoms with Crippen molar-refractivity contribution in [3.63, 3.8) is 0 Å². The van der Waals surface area contributed by atoms with Gasteiger partial charge in [0, 0.05) is 11.1 Å². The van der Waals surface area contributed by atoms with Gasteiger partial charge in [0.15, 0.2) is 5.78 Å². The number of fused-ring (bicyclic) bond motifs is 2. The number of rotatable bonds is 6. The summed E-state index contributed by atoms with van der Waals surface area (Å²) in [6, 6.07) is 9.44. The Bertz CT molecular complexity index is 1770. The number of nitrogens with zero attached hydrogens (tertiary/aromatic N) is 6. The van der Waals surface area contributed by atoms with Crippen LogP contribution in [0, 0.1) is 0 Å². The topological polar surface area (TPSA) is 132 Å². The molecule has 0 radical (unpaired) electrons. The lowest BCUT2D eigenvalue weighted by molar-refractivity contribution is -0.274. The second kappa shape index (κ2) is 10.3. The number of nitrogens with one attached hydrogen (secondary N) is 1. The van der Waals surface area contributed by atoms with Crippen LogP contribution in [0.2, 0.25) is 0 Å². The van der Waals surface area contributed by atoms with Gasteiger partial charge in [-0.3, -0.25) is 9.10 Å². The summed E-state index contributed by atoms with van der Waals surface area (Å²) in [5, 5.41) is 14.6. The first-order valence-corrected chi connectivity index (χ1v) is 13.2. The average Bonchev–Trinajstić information content (AvgIpc) is 3.26. The van der Waals surface area contributed by atoms with Crippen molar-refractivity contribution in [2.24, 2.45) is 0 Å². The van der Waals surface area contributed by atoms with E-state index in [-0.39, 0.29) is 46.5 Å². The third-order valence-electron chi connectivity index (χ3n) is 5.82. The van der Waals surface area contributed by atoms with Gasteiger partial charge in [-0.1, -0.05) is 12.1 Å². The highest BCUT2D eigenvalue weighted by atomic mass is 32.2. The van der Waals surface area contributed by atoms with Crippen LogP contribution in [0.25, 0.3) is 11.4 Å². The van der Waals surface area contributed by atoms with E-state index in [4.69, 9.17) is 0 Å². The van der Waals surface area contributed by atoms with Gasteiger partial charge >= 0.3 is 12.5 Å². The number of sulfonamides is 1. The number of carbonyl (C=O) groups is 1. The summed E-state index contributed by atoms with van der Waals surface area (Å²) in [5.41, 5.74) is -1.21. The lowest BCUT2D eigenvalue weighted by Gasteiger charge is -2.26. The SMILES string of the molecule is CC(=O)Cn1nnc(-c2cccc3c2N(S(=O)(=O)c2ccc(OC(F)(F)F)cc2)Cc2ccc(C(F)(F)F)nc2N3)n1. The molecule has 1 aliphatic heterocycles. The minimum absolute atomic E-state index is 0.00147. The van der Waals surface area contributed by atoms with Crippen LogP contribution < -0.4 is 14.4 Å². The largest absolute Gasteiger partial charge is 0.573 e. The third kappa shape index (κ3) is 5.83. The number of anilines is 3. The van der Waals surface area contributed by atoms with Crippen LogP contribution in [0.1, 0.15) is 18.2 Å². The number of hydrogen-bond donors (Lipinski definition) is 1. The van der Waals surface area contributed by atoms with Gasteiger partial charge in [-0.25, -0.2) is 13.4 Å². The van der Waals surface area contributed by atoms with E-state index in [0.717, 1.165) is 39.4 Å². The molecule has 0 spiro atoms. The molecule has 11 nitrogen and oxygen atoms in total. The van der Waals surface area contributed by atoms with Gasteiger partial charge in [0.2, 0.25) is 5.82 Å². The quantitative estimate of drug-likeness (QED) is 0.308. The summed E-state index contributed by atoms with van der Waals surface area (Å²) in [4.78, 5) is 15.7. The molecule has 0 fully saturated rings. The summed E-state index contributed by atoms with van der Waals surface area (Å²) >= 11 is 0. The molecule has 2 aromatic heterocycles. The predicted octanol–water partition coefficient (Wildman–Crippen LogP) is 4.69. The van der Waals surface area contributed by atoms with Gasteiger partial charge in [0.25, 0.3) is 10.0 Å². The van der Waals surface area contributed by atoms with Gasteiger partial charge in [-0.2, -0.15) is 18.0 Å². The standard InChI is InChI=1S/C24H17F6N7O4S/c1-13(38)11-37-34-22(33-35-37)17-3-2-4-18-20(17)36(12-14-5-10-19(23(25,26)27)32-21(14)31-18)42(39,40)16-8-6-15(7-9-16)41-24(28,29)30/h2-10H,11-12H2,1H3,(H,31,32). The van der Waals surface area contributed by atoms with E-state index in [0.29, 0.717) is 6.07 Å². The molecule has 18 heteroatoms. The number of Topliss-reactive ketones (excluding diaryl/α,β-unsaturated/α-hetero) is 1. The number of halogens is 6. The number of carbonyl (C=O) groups excluding carboxylic acids is 1. The number of hydrogen-bond acceptors (Lipinski definition) is 9. The van der Waals surface area contributed by atoms with Gasteiger partial charge < -0.3 is 10.1 Å². The number of aromatic nitrogens is 5. The summed E-state index contributed by atoms with van der Waals surface area (Å²) in [6.45, 7) is 0.521. The highest BCUT2D eigenvalue weighted by Gasteiger charge is 2.37. The van der Waals surface area contributed by atoms with Crippen LogP contribution in [-0.2, 0) is 34.1 Å². The molecule has 42 heavy (non-hydrogen) atoms. The molecular weight excluding hydrogens is 596 g/mol. The molecule has 5 rings (SSSR count). The summed E-state index contributed by atoms with van der Waals surface area (Å²) < 4.78 is 111. The van der Waals surface area contributed by atoms with E-state index in [1.807, 2.05) is 0 Å². The maximum Gasteiger partial charge on any atom is 0.573 e. The highest BCUT2D eigenvalue weighted by molar-refractivity contribution is 7.92. The second-order valence-electron chi connectivity index (χ2n) is 8.91. The predicted molar refractivity (Wildman–Crippen MR) is 133 cm³/mol. The Balaban J connectivity index is 1.67. The van der Waals surface area contributed by atoms with E-state index in [2.05, 4.69) is 30.4 Å². The molecule has 4 aromatic rings. The fourth-order valence-electron chi connectivity index (χ4n) is 4.10. The molecule has 0 unspecified atom stereocenters. The Hall–Kier alpha value is -4.74. The monoisotopic (exact) mass is 613 g/mol. The Morgan fingerprint density at radius 2 is 1.74 bits per heavy atom. The molecule has 0 saturated carbocycles. The normalized spacial score (nSPS) is 13.5. The number of alkyl halides is 6. The summed E-state index contributed by atoms with van der Waals surface area (Å²) in [5.74, 6) is -1.35. The van der Waals surface area contributed by atoms with E-state index < -0.39 is 45.4 Å². The molecule has 0 bridgehead atoms. The first-order chi connectivity index (χ1) is 19.6. The highest BCUT2D eigenvalue weighted by Crippen LogP contribution is 2.44. The zero-order valence-electron chi connectivity index (χ0n) is 21.1. The van der Waals surface area contributed by atoms with Crippen molar-refractivity contribution in [3.8, 4) is 17.1 Å². The first kappa shape index (κ1) is 28.8. The molecule has 2 aromatic carbocycles. The molecule has 0 aliphatic carbocycles. The molecule has 220 valence electrons. The van der Waals surface area contributed by atoms with Crippen LogP contribution in [0.3, 0.4) is 0 Å². The molecule has 3 heterocycles. The van der Waals surface area contributed by atoms with E-state index in [9.17, 15) is 39.6 Å². The Kier molecular flexibility index (Phi) is 7.04. The first-order valence-electron chi connectivity index (χ1n) is 11.7. The van der Waals surface area contributed by atoms with Crippen molar-refractivity contribution in [1.29, 1.82) is 0 Å².